The molecule has 1 heterocycles. The first kappa shape index (κ1) is 11.9. The number of aliphatic hydroxyl groups is 1. The molecule has 0 unspecified atom stereocenters. The maximum Gasteiger partial charge on any atom is 0.128 e. The fraction of sp³-hybridized carbons (Fsp3) is 0.200. The minimum absolute atomic E-state index is 0.119. The van der Waals surface area contributed by atoms with Crippen LogP contribution in [0.2, 0.25) is 0 Å². The number of phenols is 2. The third-order valence-electron chi connectivity index (χ3n) is 3.44. The Morgan fingerprint density at radius 3 is 2.37 bits per heavy atom. The fourth-order valence-corrected chi connectivity index (χ4v) is 2.38. The molecule has 2 aromatic rings. The second-order valence-corrected chi connectivity index (χ2v) is 4.68. The summed E-state index contributed by atoms with van der Waals surface area (Å²) in [4.78, 5) is 0. The number of hydrogen-bond acceptors (Lipinski definition) is 4. The lowest BCUT2D eigenvalue weighted by Gasteiger charge is -2.30. The molecule has 0 saturated carbocycles. The van der Waals surface area contributed by atoms with Gasteiger partial charge in [0.15, 0.2) is 0 Å². The zero-order chi connectivity index (χ0) is 13.4. The lowest BCUT2D eigenvalue weighted by molar-refractivity contribution is 0.0887. The van der Waals surface area contributed by atoms with Crippen molar-refractivity contribution in [1.29, 1.82) is 0 Å². The van der Waals surface area contributed by atoms with Crippen LogP contribution in [0.1, 0.15) is 23.1 Å². The lowest BCUT2D eigenvalue weighted by Crippen LogP contribution is -2.24. The lowest BCUT2D eigenvalue weighted by atomic mass is 9.87. The van der Waals surface area contributed by atoms with Gasteiger partial charge in [0.25, 0.3) is 0 Å². The molecular formula is C15H14O4. The number of phenolic OH excluding ortho intramolecular Hbond substituents is 2. The predicted octanol–water partition coefficient (Wildman–Crippen LogP) is 2.31. The first-order valence-electron chi connectivity index (χ1n) is 6.08. The van der Waals surface area contributed by atoms with Gasteiger partial charge >= 0.3 is 0 Å². The van der Waals surface area contributed by atoms with E-state index in [0.717, 1.165) is 5.56 Å². The Hall–Kier alpha value is -2.20. The molecule has 0 saturated heterocycles. The van der Waals surface area contributed by atoms with Crippen LogP contribution in [0.4, 0.5) is 0 Å². The molecule has 0 radical (unpaired) electrons. The van der Waals surface area contributed by atoms with Crippen molar-refractivity contribution < 1.29 is 20.1 Å². The molecule has 0 aromatic heterocycles. The maximum absolute atomic E-state index is 10.4. The van der Waals surface area contributed by atoms with Crippen LogP contribution < -0.4 is 4.74 Å². The van der Waals surface area contributed by atoms with Crippen molar-refractivity contribution in [3.8, 4) is 17.2 Å². The predicted molar refractivity (Wildman–Crippen MR) is 69.4 cm³/mol. The van der Waals surface area contributed by atoms with Gasteiger partial charge in [0, 0.05) is 17.5 Å². The van der Waals surface area contributed by atoms with Crippen molar-refractivity contribution in [3.05, 3.63) is 53.6 Å². The summed E-state index contributed by atoms with van der Waals surface area (Å²) in [6.07, 6.45) is -0.686. The zero-order valence-corrected chi connectivity index (χ0v) is 10.2. The van der Waals surface area contributed by atoms with Gasteiger partial charge in [-0.05, 0) is 29.8 Å². The van der Waals surface area contributed by atoms with Gasteiger partial charge in [0.05, 0.1) is 12.7 Å². The van der Waals surface area contributed by atoms with E-state index < -0.39 is 6.10 Å². The molecule has 4 nitrogen and oxygen atoms in total. The molecule has 98 valence electrons. The van der Waals surface area contributed by atoms with Crippen molar-refractivity contribution in [2.24, 2.45) is 0 Å². The number of aliphatic hydroxyl groups excluding tert-OH is 1. The second-order valence-electron chi connectivity index (χ2n) is 4.68. The molecule has 0 spiro atoms. The van der Waals surface area contributed by atoms with Crippen LogP contribution in [0.25, 0.3) is 0 Å². The van der Waals surface area contributed by atoms with E-state index in [9.17, 15) is 15.3 Å². The van der Waals surface area contributed by atoms with E-state index >= 15 is 0 Å². The highest BCUT2D eigenvalue weighted by molar-refractivity contribution is 5.45. The zero-order valence-electron chi connectivity index (χ0n) is 10.2. The van der Waals surface area contributed by atoms with Gasteiger partial charge in [0.2, 0.25) is 0 Å². The topological polar surface area (TPSA) is 69.9 Å². The van der Waals surface area contributed by atoms with Crippen LogP contribution >= 0.6 is 0 Å². The molecule has 2 atom stereocenters. The largest absolute Gasteiger partial charge is 0.508 e. The SMILES string of the molecule is Oc1ccc([C@H]2COc3cc(O)ccc3[C@H]2O)cc1. The number of benzene rings is 2. The standard InChI is InChI=1S/C15H14O4/c16-10-3-1-9(2-4-10)13-8-19-14-7-11(17)5-6-12(14)15(13)18/h1-7,13,15-18H,8H2/t13-,15-/m1/s1. The van der Waals surface area contributed by atoms with Gasteiger partial charge in [-0.2, -0.15) is 0 Å². The minimum atomic E-state index is -0.686. The number of fused-ring (bicyclic) bond motifs is 1. The maximum atomic E-state index is 10.4. The molecule has 0 amide bonds. The van der Waals surface area contributed by atoms with Gasteiger partial charge in [-0.25, -0.2) is 0 Å². The molecule has 3 rings (SSSR count). The summed E-state index contributed by atoms with van der Waals surface area (Å²) in [5.74, 6) is 0.648. The third kappa shape index (κ3) is 2.11. The highest BCUT2D eigenvalue weighted by Crippen LogP contribution is 2.41. The van der Waals surface area contributed by atoms with Gasteiger partial charge in [-0.15, -0.1) is 0 Å². The first-order chi connectivity index (χ1) is 9.15. The molecular weight excluding hydrogens is 244 g/mol. The summed E-state index contributed by atoms with van der Waals surface area (Å²) in [6.45, 7) is 0.336. The Labute approximate surface area is 110 Å². The van der Waals surface area contributed by atoms with E-state index in [1.54, 1.807) is 30.3 Å². The summed E-state index contributed by atoms with van der Waals surface area (Å²) in [6, 6.07) is 11.4. The van der Waals surface area contributed by atoms with E-state index in [2.05, 4.69) is 0 Å². The van der Waals surface area contributed by atoms with Crippen LogP contribution in [0.5, 0.6) is 17.2 Å². The summed E-state index contributed by atoms with van der Waals surface area (Å²) in [5.41, 5.74) is 1.58. The van der Waals surface area contributed by atoms with Crippen LogP contribution in [-0.4, -0.2) is 21.9 Å². The van der Waals surface area contributed by atoms with Gasteiger partial charge in [-0.3, -0.25) is 0 Å². The van der Waals surface area contributed by atoms with Crippen LogP contribution in [0, 0.1) is 0 Å². The summed E-state index contributed by atoms with van der Waals surface area (Å²) in [5, 5.41) is 29.1. The third-order valence-corrected chi connectivity index (χ3v) is 3.44. The van der Waals surface area contributed by atoms with Crippen LogP contribution in [0.3, 0.4) is 0 Å². The average molecular weight is 258 g/mol. The molecule has 0 bridgehead atoms. The van der Waals surface area contributed by atoms with Gasteiger partial charge in [0.1, 0.15) is 17.2 Å². The van der Waals surface area contributed by atoms with E-state index in [0.29, 0.717) is 17.9 Å². The van der Waals surface area contributed by atoms with Crippen molar-refractivity contribution in [1.82, 2.24) is 0 Å². The summed E-state index contributed by atoms with van der Waals surface area (Å²) in [7, 11) is 0. The highest BCUT2D eigenvalue weighted by Gasteiger charge is 2.30. The van der Waals surface area contributed by atoms with Crippen molar-refractivity contribution in [2.45, 2.75) is 12.0 Å². The van der Waals surface area contributed by atoms with E-state index in [4.69, 9.17) is 4.74 Å². The number of ether oxygens (including phenoxy) is 1. The Kier molecular flexibility index (Phi) is 2.80. The van der Waals surface area contributed by atoms with Crippen LogP contribution in [-0.2, 0) is 0 Å². The van der Waals surface area contributed by atoms with Gasteiger partial charge in [-0.1, -0.05) is 12.1 Å². The number of hydrogen-bond donors (Lipinski definition) is 3. The highest BCUT2D eigenvalue weighted by atomic mass is 16.5. The van der Waals surface area contributed by atoms with E-state index in [1.807, 2.05) is 0 Å². The average Bonchev–Trinajstić information content (AvgIpc) is 2.40. The molecule has 0 fully saturated rings. The minimum Gasteiger partial charge on any atom is -0.508 e. The Morgan fingerprint density at radius 1 is 0.947 bits per heavy atom. The Morgan fingerprint density at radius 2 is 1.63 bits per heavy atom. The molecule has 3 N–H and O–H groups in total. The molecule has 0 aliphatic carbocycles. The molecule has 2 aromatic carbocycles. The van der Waals surface area contributed by atoms with Crippen molar-refractivity contribution >= 4 is 0 Å². The second kappa shape index (κ2) is 4.48. The molecule has 4 heteroatoms. The molecule has 1 aliphatic heterocycles. The number of rotatable bonds is 1. The van der Waals surface area contributed by atoms with Crippen LogP contribution in [0.15, 0.2) is 42.5 Å². The monoisotopic (exact) mass is 258 g/mol. The summed E-state index contributed by atoms with van der Waals surface area (Å²) < 4.78 is 5.59. The molecule has 19 heavy (non-hydrogen) atoms. The Bertz CT molecular complexity index is 592. The van der Waals surface area contributed by atoms with Crippen molar-refractivity contribution in [3.63, 3.8) is 0 Å². The smallest absolute Gasteiger partial charge is 0.128 e. The summed E-state index contributed by atoms with van der Waals surface area (Å²) >= 11 is 0. The normalized spacial score (nSPS) is 21.5. The van der Waals surface area contributed by atoms with E-state index in [-0.39, 0.29) is 17.4 Å². The number of aromatic hydroxyl groups is 2. The fourth-order valence-electron chi connectivity index (χ4n) is 2.38. The first-order valence-corrected chi connectivity index (χ1v) is 6.08. The van der Waals surface area contributed by atoms with Gasteiger partial charge < -0.3 is 20.1 Å². The molecule has 1 aliphatic rings. The quantitative estimate of drug-likeness (QED) is 0.734. The van der Waals surface area contributed by atoms with Crippen molar-refractivity contribution in [2.75, 3.05) is 6.61 Å². The Balaban J connectivity index is 1.95. The van der Waals surface area contributed by atoms with E-state index in [1.165, 1.54) is 12.1 Å².